The van der Waals surface area contributed by atoms with Gasteiger partial charge in [0.25, 0.3) is 0 Å². The van der Waals surface area contributed by atoms with Crippen LogP contribution in [0.5, 0.6) is 17.2 Å². The van der Waals surface area contributed by atoms with Gasteiger partial charge < -0.3 is 18.6 Å². The van der Waals surface area contributed by atoms with Crippen LogP contribution in [-0.4, -0.2) is 18.7 Å². The molecule has 0 atom stereocenters. The molecule has 1 aromatic heterocycles. The number of fused-ring (bicyclic) bond motifs is 1. The smallest absolute Gasteiger partial charge is 0.383 e. The van der Waals surface area contributed by atoms with E-state index in [-0.39, 0.29) is 17.1 Å². The molecule has 140 valence electrons. The van der Waals surface area contributed by atoms with Crippen LogP contribution in [-0.2, 0) is 0 Å². The molecular formula is C21H20O6. The Labute approximate surface area is 156 Å². The quantitative estimate of drug-likeness (QED) is 0.507. The van der Waals surface area contributed by atoms with E-state index in [1.807, 2.05) is 20.8 Å². The highest BCUT2D eigenvalue weighted by atomic mass is 16.6. The van der Waals surface area contributed by atoms with Gasteiger partial charge >= 0.3 is 11.6 Å². The van der Waals surface area contributed by atoms with Crippen LogP contribution in [0.2, 0.25) is 0 Å². The number of methoxy groups -OCH3 is 1. The van der Waals surface area contributed by atoms with Crippen molar-refractivity contribution in [3.05, 3.63) is 64.5 Å². The molecule has 0 spiro atoms. The standard InChI is InChI=1S/C21H20O6/c1-21(2,3)27-15-12-8-11-14-16(15)17(18(24-4)20(23)25-14)26-19(22)13-9-6-5-7-10-13/h5-12H,1-4H3. The van der Waals surface area contributed by atoms with E-state index in [1.54, 1.807) is 48.5 Å². The van der Waals surface area contributed by atoms with Crippen molar-refractivity contribution in [2.24, 2.45) is 0 Å². The first-order chi connectivity index (χ1) is 12.8. The van der Waals surface area contributed by atoms with Gasteiger partial charge in [-0.1, -0.05) is 24.3 Å². The molecule has 0 aliphatic carbocycles. The minimum absolute atomic E-state index is 0.0301. The topological polar surface area (TPSA) is 75.0 Å². The van der Waals surface area contributed by atoms with Crippen LogP contribution in [0, 0.1) is 0 Å². The van der Waals surface area contributed by atoms with Crippen molar-refractivity contribution in [3.8, 4) is 17.2 Å². The van der Waals surface area contributed by atoms with E-state index in [9.17, 15) is 9.59 Å². The molecule has 0 amide bonds. The second kappa shape index (κ2) is 7.15. The predicted molar refractivity (Wildman–Crippen MR) is 101 cm³/mol. The summed E-state index contributed by atoms with van der Waals surface area (Å²) in [5.41, 5.74) is -0.680. The van der Waals surface area contributed by atoms with E-state index in [2.05, 4.69) is 0 Å². The Balaban J connectivity index is 2.21. The second-order valence-electron chi connectivity index (χ2n) is 6.85. The Morgan fingerprint density at radius 3 is 2.30 bits per heavy atom. The third kappa shape index (κ3) is 3.95. The maximum Gasteiger partial charge on any atom is 0.383 e. The first-order valence-corrected chi connectivity index (χ1v) is 8.40. The normalized spacial score (nSPS) is 11.3. The maximum atomic E-state index is 12.6. The van der Waals surface area contributed by atoms with Gasteiger partial charge in [-0.15, -0.1) is 0 Å². The highest BCUT2D eigenvalue weighted by Gasteiger charge is 2.25. The van der Waals surface area contributed by atoms with E-state index in [1.165, 1.54) is 7.11 Å². The number of hydrogen-bond donors (Lipinski definition) is 0. The third-order valence-electron chi connectivity index (χ3n) is 3.63. The van der Waals surface area contributed by atoms with Crippen LogP contribution in [0.1, 0.15) is 31.1 Å². The Kier molecular flexibility index (Phi) is 4.90. The Bertz CT molecular complexity index is 1030. The molecule has 6 nitrogen and oxygen atoms in total. The molecule has 1 heterocycles. The van der Waals surface area contributed by atoms with E-state index in [0.717, 1.165) is 0 Å². The molecule has 0 aliphatic heterocycles. The highest BCUT2D eigenvalue weighted by Crippen LogP contribution is 2.40. The number of carbonyl (C=O) groups excluding carboxylic acids is 1. The third-order valence-corrected chi connectivity index (χ3v) is 3.63. The first kappa shape index (κ1) is 18.5. The van der Waals surface area contributed by atoms with Gasteiger partial charge in [0, 0.05) is 0 Å². The van der Waals surface area contributed by atoms with Crippen molar-refractivity contribution >= 4 is 16.9 Å². The Hall–Kier alpha value is -3.28. The Morgan fingerprint density at radius 2 is 1.67 bits per heavy atom. The monoisotopic (exact) mass is 368 g/mol. The lowest BCUT2D eigenvalue weighted by Gasteiger charge is -2.23. The molecule has 0 saturated carbocycles. The fourth-order valence-electron chi connectivity index (χ4n) is 2.59. The summed E-state index contributed by atoms with van der Waals surface area (Å²) < 4.78 is 22.0. The first-order valence-electron chi connectivity index (χ1n) is 8.40. The minimum atomic E-state index is -0.742. The lowest BCUT2D eigenvalue weighted by molar-refractivity contribution is 0.0730. The van der Waals surface area contributed by atoms with Gasteiger partial charge in [-0.05, 0) is 45.0 Å². The molecule has 0 bridgehead atoms. The Morgan fingerprint density at radius 1 is 0.963 bits per heavy atom. The SMILES string of the molecule is COc1c(OC(=O)c2ccccc2)c2c(OC(C)(C)C)cccc2oc1=O. The number of benzene rings is 2. The number of esters is 1. The van der Waals surface area contributed by atoms with Crippen LogP contribution < -0.4 is 19.8 Å². The van der Waals surface area contributed by atoms with Crippen molar-refractivity contribution < 1.29 is 23.4 Å². The highest BCUT2D eigenvalue weighted by molar-refractivity contribution is 5.97. The summed E-state index contributed by atoms with van der Waals surface area (Å²) in [6, 6.07) is 13.5. The summed E-state index contributed by atoms with van der Waals surface area (Å²) in [5, 5.41) is 0.355. The van der Waals surface area contributed by atoms with Crippen LogP contribution in [0.25, 0.3) is 11.0 Å². The molecule has 0 aliphatic rings. The van der Waals surface area contributed by atoms with Gasteiger partial charge in [0.05, 0.1) is 12.7 Å². The molecule has 3 rings (SSSR count). The average Bonchev–Trinajstić information content (AvgIpc) is 2.61. The molecule has 6 heteroatoms. The van der Waals surface area contributed by atoms with E-state index < -0.39 is 17.2 Å². The van der Waals surface area contributed by atoms with E-state index in [0.29, 0.717) is 16.7 Å². The van der Waals surface area contributed by atoms with Crippen molar-refractivity contribution in [2.75, 3.05) is 7.11 Å². The lowest BCUT2D eigenvalue weighted by atomic mass is 10.1. The molecule has 0 saturated heterocycles. The largest absolute Gasteiger partial charge is 0.487 e. The van der Waals surface area contributed by atoms with Crippen molar-refractivity contribution in [3.63, 3.8) is 0 Å². The lowest BCUT2D eigenvalue weighted by Crippen LogP contribution is -2.23. The summed E-state index contributed by atoms with van der Waals surface area (Å²) in [6.07, 6.45) is 0. The summed E-state index contributed by atoms with van der Waals surface area (Å²) in [5.74, 6) is -0.432. The van der Waals surface area contributed by atoms with Crippen LogP contribution in [0.3, 0.4) is 0 Å². The zero-order chi connectivity index (χ0) is 19.6. The van der Waals surface area contributed by atoms with Crippen molar-refractivity contribution in [1.29, 1.82) is 0 Å². The van der Waals surface area contributed by atoms with Crippen molar-refractivity contribution in [2.45, 2.75) is 26.4 Å². The average molecular weight is 368 g/mol. The molecule has 3 aromatic rings. The zero-order valence-electron chi connectivity index (χ0n) is 15.6. The predicted octanol–water partition coefficient (Wildman–Crippen LogP) is 4.20. The second-order valence-corrected chi connectivity index (χ2v) is 6.85. The fraction of sp³-hybridized carbons (Fsp3) is 0.238. The fourth-order valence-corrected chi connectivity index (χ4v) is 2.59. The summed E-state index contributed by atoms with van der Waals surface area (Å²) in [6.45, 7) is 5.66. The number of carbonyl (C=O) groups is 1. The zero-order valence-corrected chi connectivity index (χ0v) is 15.6. The molecule has 2 aromatic carbocycles. The van der Waals surface area contributed by atoms with Crippen molar-refractivity contribution in [1.82, 2.24) is 0 Å². The van der Waals surface area contributed by atoms with Crippen LogP contribution >= 0.6 is 0 Å². The van der Waals surface area contributed by atoms with Gasteiger partial charge in [-0.3, -0.25) is 0 Å². The molecule has 0 unspecified atom stereocenters. The molecular weight excluding hydrogens is 348 g/mol. The van der Waals surface area contributed by atoms with E-state index >= 15 is 0 Å². The molecule has 0 N–H and O–H groups in total. The number of hydrogen-bond acceptors (Lipinski definition) is 6. The number of ether oxygens (including phenoxy) is 3. The van der Waals surface area contributed by atoms with Crippen LogP contribution in [0.4, 0.5) is 0 Å². The van der Waals surface area contributed by atoms with Gasteiger partial charge in [-0.2, -0.15) is 0 Å². The maximum absolute atomic E-state index is 12.6. The summed E-state index contributed by atoms with van der Waals surface area (Å²) >= 11 is 0. The number of rotatable bonds is 4. The summed E-state index contributed by atoms with van der Waals surface area (Å²) in [4.78, 5) is 24.9. The van der Waals surface area contributed by atoms with Gasteiger partial charge in [0.1, 0.15) is 22.3 Å². The minimum Gasteiger partial charge on any atom is -0.487 e. The van der Waals surface area contributed by atoms with Gasteiger partial charge in [-0.25, -0.2) is 9.59 Å². The molecule has 0 fully saturated rings. The van der Waals surface area contributed by atoms with E-state index in [4.69, 9.17) is 18.6 Å². The molecule has 27 heavy (non-hydrogen) atoms. The van der Waals surface area contributed by atoms with Gasteiger partial charge in [0.2, 0.25) is 5.75 Å². The van der Waals surface area contributed by atoms with Gasteiger partial charge in [0.15, 0.2) is 5.75 Å². The summed E-state index contributed by atoms with van der Waals surface area (Å²) in [7, 11) is 1.31. The van der Waals surface area contributed by atoms with Crippen LogP contribution in [0.15, 0.2) is 57.7 Å². The molecule has 0 radical (unpaired) electrons.